The minimum absolute atomic E-state index is 0.0660. The van der Waals surface area contributed by atoms with Crippen LogP contribution in [0.15, 0.2) is 30.3 Å². The van der Waals surface area contributed by atoms with Crippen molar-refractivity contribution in [3.05, 3.63) is 35.9 Å². The Balaban J connectivity index is 1.61. The van der Waals surface area contributed by atoms with E-state index in [4.69, 9.17) is 4.74 Å². The molecule has 23 heavy (non-hydrogen) atoms. The lowest BCUT2D eigenvalue weighted by Crippen LogP contribution is -2.47. The molecular formula is C18H25NO4. The van der Waals surface area contributed by atoms with E-state index in [0.29, 0.717) is 39.0 Å². The van der Waals surface area contributed by atoms with Crippen LogP contribution in [0.25, 0.3) is 0 Å². The lowest BCUT2D eigenvalue weighted by molar-refractivity contribution is -0.152. The highest BCUT2D eigenvalue weighted by molar-refractivity contribution is 5.83. The van der Waals surface area contributed by atoms with Crippen molar-refractivity contribution in [1.29, 1.82) is 0 Å². The van der Waals surface area contributed by atoms with Gasteiger partial charge in [-0.05, 0) is 37.7 Å². The number of carboxylic acid groups (broad SMARTS) is 1. The molecule has 1 aromatic carbocycles. The van der Waals surface area contributed by atoms with Crippen LogP contribution in [0.3, 0.4) is 0 Å². The molecule has 0 aromatic heterocycles. The van der Waals surface area contributed by atoms with E-state index >= 15 is 0 Å². The third kappa shape index (κ3) is 5.67. The van der Waals surface area contributed by atoms with Crippen LogP contribution in [0.4, 0.5) is 0 Å². The van der Waals surface area contributed by atoms with Crippen molar-refractivity contribution in [2.45, 2.75) is 44.6 Å². The summed E-state index contributed by atoms with van der Waals surface area (Å²) in [6, 6.07) is 9.48. The standard InChI is InChI=1S/C18H25NO4/c20-17(19-12-5-4-9-16(19)18(21)22)10-6-13-23-14-11-15-7-2-1-3-8-15/h1-3,7-8,16H,4-6,9-14H2,(H,21,22). The van der Waals surface area contributed by atoms with Crippen molar-refractivity contribution >= 4 is 11.9 Å². The second kappa shape index (κ2) is 9.30. The van der Waals surface area contributed by atoms with Crippen LogP contribution in [-0.2, 0) is 20.7 Å². The molecule has 1 unspecified atom stereocenters. The minimum atomic E-state index is -0.892. The van der Waals surface area contributed by atoms with Gasteiger partial charge in [-0.3, -0.25) is 4.79 Å². The number of amides is 1. The van der Waals surface area contributed by atoms with E-state index in [-0.39, 0.29) is 5.91 Å². The van der Waals surface area contributed by atoms with Gasteiger partial charge in [0.1, 0.15) is 6.04 Å². The van der Waals surface area contributed by atoms with Gasteiger partial charge in [0.05, 0.1) is 6.61 Å². The van der Waals surface area contributed by atoms with E-state index in [1.54, 1.807) is 0 Å². The summed E-state index contributed by atoms with van der Waals surface area (Å²) in [5, 5.41) is 9.19. The van der Waals surface area contributed by atoms with Crippen molar-refractivity contribution in [2.75, 3.05) is 19.8 Å². The summed E-state index contributed by atoms with van der Waals surface area (Å²) >= 11 is 0. The number of rotatable bonds is 8. The molecule has 0 bridgehead atoms. The number of piperidine rings is 1. The zero-order chi connectivity index (χ0) is 16.5. The summed E-state index contributed by atoms with van der Waals surface area (Å²) < 4.78 is 5.56. The molecule has 1 fully saturated rings. The molecule has 1 N–H and O–H groups in total. The monoisotopic (exact) mass is 319 g/mol. The molecule has 1 aliphatic heterocycles. The van der Waals surface area contributed by atoms with Crippen LogP contribution in [0, 0.1) is 0 Å². The summed E-state index contributed by atoms with van der Waals surface area (Å²) in [5.41, 5.74) is 1.24. The molecule has 0 aliphatic carbocycles. The fraction of sp³-hybridized carbons (Fsp3) is 0.556. The smallest absolute Gasteiger partial charge is 0.326 e. The summed E-state index contributed by atoms with van der Waals surface area (Å²) in [6.07, 6.45) is 4.19. The molecule has 2 rings (SSSR count). The predicted octanol–water partition coefficient (Wildman–Crippen LogP) is 2.49. The molecule has 1 atom stereocenters. The van der Waals surface area contributed by atoms with Crippen LogP contribution < -0.4 is 0 Å². The number of carbonyl (C=O) groups is 2. The van der Waals surface area contributed by atoms with Crippen molar-refractivity contribution in [2.24, 2.45) is 0 Å². The first-order chi connectivity index (χ1) is 11.2. The van der Waals surface area contributed by atoms with Gasteiger partial charge in [0.2, 0.25) is 5.91 Å². The first-order valence-electron chi connectivity index (χ1n) is 8.32. The third-order valence-corrected chi connectivity index (χ3v) is 4.17. The van der Waals surface area contributed by atoms with E-state index < -0.39 is 12.0 Å². The Morgan fingerprint density at radius 3 is 2.70 bits per heavy atom. The van der Waals surface area contributed by atoms with Gasteiger partial charge in [0.25, 0.3) is 0 Å². The van der Waals surface area contributed by atoms with Gasteiger partial charge < -0.3 is 14.7 Å². The molecule has 0 spiro atoms. The fourth-order valence-corrected chi connectivity index (χ4v) is 2.89. The van der Waals surface area contributed by atoms with Gasteiger partial charge in [0, 0.05) is 19.6 Å². The molecule has 5 heteroatoms. The summed E-state index contributed by atoms with van der Waals surface area (Å²) in [4.78, 5) is 24.9. The van der Waals surface area contributed by atoms with Crippen LogP contribution in [0.2, 0.25) is 0 Å². The van der Waals surface area contributed by atoms with Crippen molar-refractivity contribution in [1.82, 2.24) is 4.90 Å². The van der Waals surface area contributed by atoms with Crippen molar-refractivity contribution < 1.29 is 19.4 Å². The lowest BCUT2D eigenvalue weighted by atomic mass is 10.0. The highest BCUT2D eigenvalue weighted by atomic mass is 16.5. The maximum absolute atomic E-state index is 12.2. The van der Waals surface area contributed by atoms with Crippen molar-refractivity contribution in [3.8, 4) is 0 Å². The quantitative estimate of drug-likeness (QED) is 0.748. The van der Waals surface area contributed by atoms with E-state index in [2.05, 4.69) is 12.1 Å². The average Bonchev–Trinajstić information content (AvgIpc) is 2.58. The zero-order valence-electron chi connectivity index (χ0n) is 13.4. The molecule has 1 aliphatic rings. The number of carboxylic acids is 1. The third-order valence-electron chi connectivity index (χ3n) is 4.17. The number of aliphatic carboxylic acids is 1. The Morgan fingerprint density at radius 2 is 1.96 bits per heavy atom. The molecule has 0 radical (unpaired) electrons. The van der Waals surface area contributed by atoms with E-state index in [9.17, 15) is 14.7 Å². The molecule has 5 nitrogen and oxygen atoms in total. The Kier molecular flexibility index (Phi) is 7.07. The number of likely N-dealkylation sites (tertiary alicyclic amines) is 1. The number of carbonyl (C=O) groups excluding carboxylic acids is 1. The molecule has 1 amide bonds. The Labute approximate surface area is 137 Å². The predicted molar refractivity (Wildman–Crippen MR) is 87.2 cm³/mol. The SMILES string of the molecule is O=C(O)C1CCCCN1C(=O)CCCOCCc1ccccc1. The first-order valence-corrected chi connectivity index (χ1v) is 8.32. The average molecular weight is 319 g/mol. The van der Waals surface area contributed by atoms with Gasteiger partial charge in [-0.1, -0.05) is 30.3 Å². The summed E-state index contributed by atoms with van der Waals surface area (Å²) in [6.45, 7) is 1.73. The van der Waals surface area contributed by atoms with E-state index in [1.165, 1.54) is 10.5 Å². The minimum Gasteiger partial charge on any atom is -0.480 e. The highest BCUT2D eigenvalue weighted by Gasteiger charge is 2.31. The van der Waals surface area contributed by atoms with E-state index in [0.717, 1.165) is 19.3 Å². The topological polar surface area (TPSA) is 66.8 Å². The molecular weight excluding hydrogens is 294 g/mol. The van der Waals surface area contributed by atoms with Crippen molar-refractivity contribution in [3.63, 3.8) is 0 Å². The number of benzene rings is 1. The molecule has 1 saturated heterocycles. The van der Waals surface area contributed by atoms with Gasteiger partial charge in [-0.2, -0.15) is 0 Å². The Morgan fingerprint density at radius 1 is 1.17 bits per heavy atom. The number of hydrogen-bond donors (Lipinski definition) is 1. The summed E-state index contributed by atoms with van der Waals surface area (Å²) in [5.74, 6) is -0.957. The second-order valence-electron chi connectivity index (χ2n) is 5.89. The molecule has 1 aromatic rings. The maximum atomic E-state index is 12.2. The first kappa shape index (κ1) is 17.5. The van der Waals surface area contributed by atoms with Crippen LogP contribution in [0.5, 0.6) is 0 Å². The maximum Gasteiger partial charge on any atom is 0.326 e. The largest absolute Gasteiger partial charge is 0.480 e. The van der Waals surface area contributed by atoms with E-state index in [1.807, 2.05) is 18.2 Å². The van der Waals surface area contributed by atoms with Gasteiger partial charge >= 0.3 is 5.97 Å². The van der Waals surface area contributed by atoms with Gasteiger partial charge in [-0.15, -0.1) is 0 Å². The van der Waals surface area contributed by atoms with Crippen LogP contribution in [0.1, 0.15) is 37.7 Å². The van der Waals surface area contributed by atoms with Crippen LogP contribution >= 0.6 is 0 Å². The number of ether oxygens (including phenoxy) is 1. The Bertz CT molecular complexity index is 503. The number of nitrogens with zero attached hydrogens (tertiary/aromatic N) is 1. The molecule has 126 valence electrons. The van der Waals surface area contributed by atoms with Gasteiger partial charge in [-0.25, -0.2) is 4.79 Å². The second-order valence-corrected chi connectivity index (χ2v) is 5.89. The van der Waals surface area contributed by atoms with Gasteiger partial charge in [0.15, 0.2) is 0 Å². The lowest BCUT2D eigenvalue weighted by Gasteiger charge is -2.33. The summed E-state index contributed by atoms with van der Waals surface area (Å²) in [7, 11) is 0. The highest BCUT2D eigenvalue weighted by Crippen LogP contribution is 2.18. The zero-order valence-corrected chi connectivity index (χ0v) is 13.4. The molecule has 1 heterocycles. The molecule has 0 saturated carbocycles. The normalized spacial score (nSPS) is 17.9. The fourth-order valence-electron chi connectivity index (χ4n) is 2.89. The Hall–Kier alpha value is -1.88. The van der Waals surface area contributed by atoms with Crippen LogP contribution in [-0.4, -0.2) is 47.7 Å². The number of hydrogen-bond acceptors (Lipinski definition) is 3.